The van der Waals surface area contributed by atoms with Crippen LogP contribution in [0, 0.1) is 10.1 Å². The van der Waals surface area contributed by atoms with Gasteiger partial charge in [0.2, 0.25) is 5.91 Å². The van der Waals surface area contributed by atoms with E-state index in [1.54, 1.807) is 24.3 Å². The predicted molar refractivity (Wildman–Crippen MR) is 103 cm³/mol. The van der Waals surface area contributed by atoms with Crippen LogP contribution in [0.15, 0.2) is 30.3 Å². The van der Waals surface area contributed by atoms with Crippen molar-refractivity contribution in [1.82, 2.24) is 4.90 Å². The van der Waals surface area contributed by atoms with E-state index in [9.17, 15) is 14.9 Å². The van der Waals surface area contributed by atoms with Crippen molar-refractivity contribution in [2.45, 2.75) is 76.3 Å². The Balaban J connectivity index is 1.75. The summed E-state index contributed by atoms with van der Waals surface area (Å²) in [5, 5.41) is 10.9. The van der Waals surface area contributed by atoms with E-state index >= 15 is 0 Å². The molecule has 0 atom stereocenters. The summed E-state index contributed by atoms with van der Waals surface area (Å²) in [4.78, 5) is 25.7. The lowest BCUT2D eigenvalue weighted by Crippen LogP contribution is -2.48. The Bertz CT molecular complexity index is 641. The molecular formula is C21H28N2O3. The number of non-ortho nitro benzene ring substituents is 1. The van der Waals surface area contributed by atoms with Crippen molar-refractivity contribution in [3.63, 3.8) is 0 Å². The molecule has 26 heavy (non-hydrogen) atoms. The standard InChI is InChI=1S/C21H28N2O3/c24-21(15-14-17-8-7-13-20(16-17)23(25)26)22(18-9-3-1-4-10-18)19-11-5-2-6-12-19/h7-8,13-16,18-19H,1-6,9-12H2. The van der Waals surface area contributed by atoms with Crippen LogP contribution >= 0.6 is 0 Å². The highest BCUT2D eigenvalue weighted by Gasteiger charge is 2.31. The third-order valence-electron chi connectivity index (χ3n) is 5.69. The summed E-state index contributed by atoms with van der Waals surface area (Å²) >= 11 is 0. The Morgan fingerprint density at radius 1 is 1.00 bits per heavy atom. The highest BCUT2D eigenvalue weighted by atomic mass is 16.6. The molecule has 3 rings (SSSR count). The zero-order chi connectivity index (χ0) is 18.4. The Morgan fingerprint density at radius 2 is 1.58 bits per heavy atom. The molecule has 0 saturated heterocycles. The van der Waals surface area contributed by atoms with E-state index < -0.39 is 4.92 Å². The quantitative estimate of drug-likeness (QED) is 0.419. The van der Waals surface area contributed by atoms with Crippen LogP contribution < -0.4 is 0 Å². The molecule has 0 heterocycles. The van der Waals surface area contributed by atoms with Crippen molar-refractivity contribution < 1.29 is 9.72 Å². The topological polar surface area (TPSA) is 63.4 Å². The fourth-order valence-corrected chi connectivity index (χ4v) is 4.37. The van der Waals surface area contributed by atoms with Gasteiger partial charge in [-0.1, -0.05) is 50.7 Å². The number of hydrogen-bond donors (Lipinski definition) is 0. The molecule has 1 aromatic rings. The first-order valence-electron chi connectivity index (χ1n) is 9.90. The van der Waals surface area contributed by atoms with Gasteiger partial charge in [0.15, 0.2) is 0 Å². The fraction of sp³-hybridized carbons (Fsp3) is 0.571. The van der Waals surface area contributed by atoms with Gasteiger partial charge >= 0.3 is 0 Å². The summed E-state index contributed by atoms with van der Waals surface area (Å²) in [6.45, 7) is 0. The Morgan fingerprint density at radius 3 is 2.12 bits per heavy atom. The lowest BCUT2D eigenvalue weighted by atomic mass is 9.88. The normalized spacial score (nSPS) is 19.5. The lowest BCUT2D eigenvalue weighted by molar-refractivity contribution is -0.384. The predicted octanol–water partition coefficient (Wildman–Crippen LogP) is 5.10. The first-order chi connectivity index (χ1) is 12.6. The number of nitro benzene ring substituents is 1. The number of carbonyl (C=O) groups excluding carboxylic acids is 1. The van der Waals surface area contributed by atoms with Crippen molar-refractivity contribution in [3.05, 3.63) is 46.0 Å². The van der Waals surface area contributed by atoms with E-state index in [2.05, 4.69) is 4.90 Å². The summed E-state index contributed by atoms with van der Waals surface area (Å²) in [7, 11) is 0. The number of hydrogen-bond acceptors (Lipinski definition) is 3. The van der Waals surface area contributed by atoms with E-state index in [0.29, 0.717) is 17.6 Å². The molecule has 2 aliphatic carbocycles. The van der Waals surface area contributed by atoms with Crippen LogP contribution in [0.3, 0.4) is 0 Å². The van der Waals surface area contributed by atoms with Gasteiger partial charge in [0.05, 0.1) is 4.92 Å². The summed E-state index contributed by atoms with van der Waals surface area (Å²) < 4.78 is 0. The monoisotopic (exact) mass is 356 g/mol. The fourth-order valence-electron chi connectivity index (χ4n) is 4.37. The molecule has 0 N–H and O–H groups in total. The molecular weight excluding hydrogens is 328 g/mol. The third-order valence-corrected chi connectivity index (χ3v) is 5.69. The minimum atomic E-state index is -0.407. The van der Waals surface area contributed by atoms with E-state index in [1.807, 2.05) is 0 Å². The smallest absolute Gasteiger partial charge is 0.270 e. The van der Waals surface area contributed by atoms with Crippen LogP contribution in [0.4, 0.5) is 5.69 Å². The molecule has 0 radical (unpaired) electrons. The Labute approximate surface area is 155 Å². The molecule has 140 valence electrons. The summed E-state index contributed by atoms with van der Waals surface area (Å²) in [6.07, 6.45) is 15.1. The molecule has 5 nitrogen and oxygen atoms in total. The van der Waals surface area contributed by atoms with Gasteiger partial charge in [-0.05, 0) is 37.3 Å². The van der Waals surface area contributed by atoms with Gasteiger partial charge in [-0.2, -0.15) is 0 Å². The molecule has 2 aliphatic rings. The van der Waals surface area contributed by atoms with E-state index in [1.165, 1.54) is 50.7 Å². The van der Waals surface area contributed by atoms with Gasteiger partial charge in [0.1, 0.15) is 0 Å². The lowest BCUT2D eigenvalue weighted by Gasteiger charge is -2.41. The van der Waals surface area contributed by atoms with Gasteiger partial charge in [-0.25, -0.2) is 0 Å². The number of carbonyl (C=O) groups is 1. The van der Waals surface area contributed by atoms with Gasteiger partial charge in [-0.3, -0.25) is 14.9 Å². The number of nitro groups is 1. The second kappa shape index (κ2) is 8.97. The summed E-state index contributed by atoms with van der Waals surface area (Å²) in [5.74, 6) is 0.0651. The average molecular weight is 356 g/mol. The van der Waals surface area contributed by atoms with Crippen LogP contribution in [0.1, 0.15) is 69.8 Å². The highest BCUT2D eigenvalue weighted by molar-refractivity contribution is 5.92. The first-order valence-corrected chi connectivity index (χ1v) is 9.90. The average Bonchev–Trinajstić information content (AvgIpc) is 2.68. The summed E-state index contributed by atoms with van der Waals surface area (Å²) in [5.41, 5.74) is 0.746. The van der Waals surface area contributed by atoms with Gasteiger partial charge in [0, 0.05) is 30.3 Å². The first kappa shape index (κ1) is 18.6. The SMILES string of the molecule is O=C(C=Cc1cccc([N+](=O)[O-])c1)N(C1CCCCC1)C1CCCCC1. The molecule has 0 unspecified atom stereocenters. The van der Waals surface area contributed by atoms with Crippen LogP contribution in [0.2, 0.25) is 0 Å². The van der Waals surface area contributed by atoms with Crippen molar-refractivity contribution in [2.75, 3.05) is 0 Å². The molecule has 0 aromatic heterocycles. The van der Waals surface area contributed by atoms with Crippen molar-refractivity contribution in [3.8, 4) is 0 Å². The maximum atomic E-state index is 13.0. The van der Waals surface area contributed by atoms with Crippen LogP contribution in [0.5, 0.6) is 0 Å². The number of amides is 1. The molecule has 1 aromatic carbocycles. The minimum absolute atomic E-state index is 0.0519. The maximum Gasteiger partial charge on any atom is 0.270 e. The van der Waals surface area contributed by atoms with Gasteiger partial charge in [0.25, 0.3) is 5.69 Å². The molecule has 2 fully saturated rings. The van der Waals surface area contributed by atoms with E-state index in [-0.39, 0.29) is 11.6 Å². The van der Waals surface area contributed by atoms with Crippen LogP contribution in [-0.4, -0.2) is 27.8 Å². The van der Waals surface area contributed by atoms with E-state index in [4.69, 9.17) is 0 Å². The third kappa shape index (κ3) is 4.71. The highest BCUT2D eigenvalue weighted by Crippen LogP contribution is 2.30. The molecule has 0 spiro atoms. The zero-order valence-corrected chi connectivity index (χ0v) is 15.3. The summed E-state index contributed by atoms with van der Waals surface area (Å²) in [6, 6.07) is 7.14. The maximum absolute atomic E-state index is 13.0. The van der Waals surface area contributed by atoms with Crippen molar-refractivity contribution >= 4 is 17.7 Å². The second-order valence-electron chi connectivity index (χ2n) is 7.51. The minimum Gasteiger partial charge on any atom is -0.333 e. The number of rotatable bonds is 5. The largest absolute Gasteiger partial charge is 0.333 e. The number of benzene rings is 1. The van der Waals surface area contributed by atoms with Gasteiger partial charge < -0.3 is 4.90 Å². The molecule has 0 bridgehead atoms. The van der Waals surface area contributed by atoms with Crippen LogP contribution in [-0.2, 0) is 4.79 Å². The van der Waals surface area contributed by atoms with Crippen LogP contribution in [0.25, 0.3) is 6.08 Å². The molecule has 0 aliphatic heterocycles. The number of nitrogens with zero attached hydrogens (tertiary/aromatic N) is 2. The van der Waals surface area contributed by atoms with Gasteiger partial charge in [-0.15, -0.1) is 0 Å². The molecule has 2 saturated carbocycles. The Hall–Kier alpha value is -2.17. The molecule has 1 amide bonds. The Kier molecular flexibility index (Phi) is 6.42. The zero-order valence-electron chi connectivity index (χ0n) is 15.3. The van der Waals surface area contributed by atoms with E-state index in [0.717, 1.165) is 25.7 Å². The van der Waals surface area contributed by atoms with Crippen molar-refractivity contribution in [2.24, 2.45) is 0 Å². The van der Waals surface area contributed by atoms with Crippen molar-refractivity contribution in [1.29, 1.82) is 0 Å². The second-order valence-corrected chi connectivity index (χ2v) is 7.51. The molecule has 5 heteroatoms.